The lowest BCUT2D eigenvalue weighted by Gasteiger charge is -2.03. The van der Waals surface area contributed by atoms with Crippen LogP contribution < -0.4 is 4.74 Å². The van der Waals surface area contributed by atoms with Crippen molar-refractivity contribution >= 4 is 26.8 Å². The van der Waals surface area contributed by atoms with Gasteiger partial charge < -0.3 is 4.74 Å². The number of ether oxygens (including phenoxy) is 1. The molecule has 1 heterocycles. The van der Waals surface area contributed by atoms with Gasteiger partial charge in [0.15, 0.2) is 5.82 Å². The average Bonchev–Trinajstić information content (AvgIpc) is 2.23. The van der Waals surface area contributed by atoms with Crippen molar-refractivity contribution in [3.8, 4) is 5.75 Å². The molecule has 0 spiro atoms. The number of aromatic nitrogens is 1. The summed E-state index contributed by atoms with van der Waals surface area (Å²) in [5.41, 5.74) is 0.735. The number of benzene rings is 1. The largest absolute Gasteiger partial charge is 0.497 e. The van der Waals surface area contributed by atoms with Crippen molar-refractivity contribution in [3.05, 3.63) is 34.7 Å². The number of nitrogens with zero attached hydrogens (tertiary/aromatic N) is 1. The molecule has 0 bridgehead atoms. The van der Waals surface area contributed by atoms with Crippen LogP contribution >= 0.6 is 15.9 Å². The Balaban J connectivity index is 2.78. The maximum atomic E-state index is 13.1. The van der Waals surface area contributed by atoms with Crippen molar-refractivity contribution < 1.29 is 9.13 Å². The second-order valence-corrected chi connectivity index (χ2v) is 3.60. The number of hydrogen-bond acceptors (Lipinski definition) is 2. The number of methoxy groups -OCH3 is 1. The molecule has 0 atom stereocenters. The van der Waals surface area contributed by atoms with E-state index in [-0.39, 0.29) is 5.82 Å². The topological polar surface area (TPSA) is 22.1 Å². The summed E-state index contributed by atoms with van der Waals surface area (Å²) in [6.45, 7) is 0. The predicted molar refractivity (Wildman–Crippen MR) is 56.0 cm³/mol. The van der Waals surface area contributed by atoms with Crippen LogP contribution in [0.1, 0.15) is 0 Å². The molecular formula is C10H7BrFNO. The van der Waals surface area contributed by atoms with E-state index in [1.807, 2.05) is 0 Å². The normalized spacial score (nSPS) is 10.5. The Labute approximate surface area is 88.8 Å². The standard InChI is InChI=1S/C10H7BrFNO/c1-14-6-2-3-9-7(4-6)10(11)8(12)5-13-9/h2-5H,1H3. The number of fused-ring (bicyclic) bond motifs is 1. The number of rotatable bonds is 1. The first kappa shape index (κ1) is 9.40. The first-order chi connectivity index (χ1) is 6.72. The predicted octanol–water partition coefficient (Wildman–Crippen LogP) is 3.15. The SMILES string of the molecule is COc1ccc2ncc(F)c(Br)c2c1. The van der Waals surface area contributed by atoms with Crippen molar-refractivity contribution in [2.24, 2.45) is 0 Å². The van der Waals surface area contributed by atoms with Gasteiger partial charge in [0.05, 0.1) is 23.3 Å². The van der Waals surface area contributed by atoms with Gasteiger partial charge >= 0.3 is 0 Å². The fourth-order valence-corrected chi connectivity index (χ4v) is 1.66. The molecular weight excluding hydrogens is 249 g/mol. The van der Waals surface area contributed by atoms with Crippen molar-refractivity contribution in [2.45, 2.75) is 0 Å². The minimum atomic E-state index is -0.370. The van der Waals surface area contributed by atoms with Crippen LogP contribution in [0.2, 0.25) is 0 Å². The maximum absolute atomic E-state index is 13.1. The van der Waals surface area contributed by atoms with Gasteiger partial charge in [-0.15, -0.1) is 0 Å². The van der Waals surface area contributed by atoms with Gasteiger partial charge in [-0.2, -0.15) is 0 Å². The molecule has 1 aromatic carbocycles. The fourth-order valence-electron chi connectivity index (χ4n) is 1.24. The van der Waals surface area contributed by atoms with E-state index in [9.17, 15) is 4.39 Å². The van der Waals surface area contributed by atoms with Crippen LogP contribution in [0.4, 0.5) is 4.39 Å². The van der Waals surface area contributed by atoms with Crippen molar-refractivity contribution in [1.82, 2.24) is 4.98 Å². The van der Waals surface area contributed by atoms with Crippen LogP contribution in [0.5, 0.6) is 5.75 Å². The third-order valence-corrected chi connectivity index (χ3v) is 2.77. The summed E-state index contributed by atoms with van der Waals surface area (Å²) >= 11 is 3.17. The van der Waals surface area contributed by atoms with Crippen LogP contribution in [0.15, 0.2) is 28.9 Å². The molecule has 0 aliphatic heterocycles. The molecule has 14 heavy (non-hydrogen) atoms. The molecule has 0 saturated carbocycles. The fraction of sp³-hybridized carbons (Fsp3) is 0.100. The van der Waals surface area contributed by atoms with Crippen molar-refractivity contribution in [2.75, 3.05) is 7.11 Å². The van der Waals surface area contributed by atoms with Gasteiger partial charge in [-0.1, -0.05) is 0 Å². The zero-order valence-corrected chi connectivity index (χ0v) is 9.01. The summed E-state index contributed by atoms with van der Waals surface area (Å²) < 4.78 is 18.6. The summed E-state index contributed by atoms with van der Waals surface area (Å²) in [6.07, 6.45) is 1.19. The van der Waals surface area contributed by atoms with E-state index in [2.05, 4.69) is 20.9 Å². The summed E-state index contributed by atoms with van der Waals surface area (Å²) in [4.78, 5) is 3.96. The average molecular weight is 256 g/mol. The molecule has 0 amide bonds. The minimum absolute atomic E-state index is 0.370. The number of halogens is 2. The molecule has 1 aromatic heterocycles. The molecule has 0 saturated heterocycles. The highest BCUT2D eigenvalue weighted by atomic mass is 79.9. The quantitative estimate of drug-likeness (QED) is 0.781. The zero-order chi connectivity index (χ0) is 10.1. The van der Waals surface area contributed by atoms with Crippen LogP contribution in [0.25, 0.3) is 10.9 Å². The van der Waals surface area contributed by atoms with Crippen molar-refractivity contribution in [3.63, 3.8) is 0 Å². The van der Waals surface area contributed by atoms with Gasteiger partial charge in [0.25, 0.3) is 0 Å². The molecule has 0 fully saturated rings. The Hall–Kier alpha value is -1.16. The minimum Gasteiger partial charge on any atom is -0.497 e. The molecule has 0 N–H and O–H groups in total. The molecule has 2 nitrogen and oxygen atoms in total. The second kappa shape index (κ2) is 3.53. The highest BCUT2D eigenvalue weighted by Crippen LogP contribution is 2.28. The van der Waals surface area contributed by atoms with E-state index >= 15 is 0 Å². The second-order valence-electron chi connectivity index (χ2n) is 2.80. The van der Waals surface area contributed by atoms with Gasteiger partial charge in [-0.05, 0) is 34.1 Å². The van der Waals surface area contributed by atoms with E-state index in [0.717, 1.165) is 5.52 Å². The van der Waals surface area contributed by atoms with Crippen LogP contribution in [-0.2, 0) is 0 Å². The maximum Gasteiger partial charge on any atom is 0.156 e. The highest BCUT2D eigenvalue weighted by Gasteiger charge is 2.06. The van der Waals surface area contributed by atoms with Crippen LogP contribution in [-0.4, -0.2) is 12.1 Å². The Bertz CT molecular complexity index is 487. The van der Waals surface area contributed by atoms with E-state index in [1.54, 1.807) is 25.3 Å². The van der Waals surface area contributed by atoms with E-state index in [1.165, 1.54) is 6.20 Å². The molecule has 0 aliphatic carbocycles. The Morgan fingerprint density at radius 1 is 1.43 bits per heavy atom. The lowest BCUT2D eigenvalue weighted by atomic mass is 10.2. The Morgan fingerprint density at radius 2 is 2.21 bits per heavy atom. The van der Waals surface area contributed by atoms with E-state index in [4.69, 9.17) is 4.74 Å². The van der Waals surface area contributed by atoms with Gasteiger partial charge in [0.1, 0.15) is 5.75 Å². The van der Waals surface area contributed by atoms with Crippen LogP contribution in [0, 0.1) is 5.82 Å². The van der Waals surface area contributed by atoms with E-state index < -0.39 is 0 Å². The molecule has 0 radical (unpaired) electrons. The molecule has 2 aromatic rings. The number of pyridine rings is 1. The smallest absolute Gasteiger partial charge is 0.156 e. The summed E-state index contributed by atoms with van der Waals surface area (Å²) in [6, 6.07) is 5.33. The van der Waals surface area contributed by atoms with Crippen molar-refractivity contribution in [1.29, 1.82) is 0 Å². The third-order valence-electron chi connectivity index (χ3n) is 1.97. The molecule has 72 valence electrons. The molecule has 2 rings (SSSR count). The third kappa shape index (κ3) is 1.46. The van der Waals surface area contributed by atoms with E-state index in [0.29, 0.717) is 15.6 Å². The monoisotopic (exact) mass is 255 g/mol. The van der Waals surface area contributed by atoms with Gasteiger partial charge in [-0.3, -0.25) is 4.98 Å². The highest BCUT2D eigenvalue weighted by molar-refractivity contribution is 9.10. The zero-order valence-electron chi connectivity index (χ0n) is 7.42. The number of hydrogen-bond donors (Lipinski definition) is 0. The summed E-state index contributed by atoms with van der Waals surface area (Å²) in [5, 5.41) is 0.712. The molecule has 0 aliphatic rings. The lowest BCUT2D eigenvalue weighted by Crippen LogP contribution is -1.87. The first-order valence-corrected chi connectivity index (χ1v) is 4.79. The van der Waals surface area contributed by atoms with Crippen LogP contribution in [0.3, 0.4) is 0 Å². The first-order valence-electron chi connectivity index (χ1n) is 4.00. The Kier molecular flexibility index (Phi) is 2.37. The molecule has 0 unspecified atom stereocenters. The summed E-state index contributed by atoms with van der Waals surface area (Å²) in [5.74, 6) is 0.316. The Morgan fingerprint density at radius 3 is 2.93 bits per heavy atom. The van der Waals surface area contributed by atoms with Gasteiger partial charge in [-0.25, -0.2) is 4.39 Å². The van der Waals surface area contributed by atoms with Gasteiger partial charge in [0.2, 0.25) is 0 Å². The lowest BCUT2D eigenvalue weighted by molar-refractivity contribution is 0.415. The van der Waals surface area contributed by atoms with Gasteiger partial charge in [0, 0.05) is 5.39 Å². The summed E-state index contributed by atoms with van der Waals surface area (Å²) in [7, 11) is 1.57. The molecule has 4 heteroatoms.